The van der Waals surface area contributed by atoms with E-state index in [9.17, 15) is 0 Å². The number of nitrogens with two attached hydrogens (primary N) is 1. The molecule has 0 aliphatic carbocycles. The van der Waals surface area contributed by atoms with Gasteiger partial charge in [-0.3, -0.25) is 0 Å². The zero-order chi connectivity index (χ0) is 13.9. The first-order chi connectivity index (χ1) is 9.70. The summed E-state index contributed by atoms with van der Waals surface area (Å²) in [5, 5.41) is 2.59. The van der Waals surface area contributed by atoms with Gasteiger partial charge in [0.15, 0.2) is 5.13 Å². The average Bonchev–Trinajstić information content (AvgIpc) is 2.89. The summed E-state index contributed by atoms with van der Waals surface area (Å²) in [5.41, 5.74) is 8.99. The number of nitrogens with zero attached hydrogens (tertiary/aromatic N) is 1. The van der Waals surface area contributed by atoms with Crippen LogP contribution >= 0.6 is 47.1 Å². The van der Waals surface area contributed by atoms with Crippen LogP contribution in [0.1, 0.15) is 5.56 Å². The molecule has 2 N–H and O–H groups in total. The van der Waals surface area contributed by atoms with Crippen molar-refractivity contribution < 1.29 is 0 Å². The third-order valence-electron chi connectivity index (χ3n) is 2.93. The van der Waals surface area contributed by atoms with Gasteiger partial charge in [0.1, 0.15) is 0 Å². The predicted octanol–water partition coefficient (Wildman–Crippen LogP) is 5.47. The van der Waals surface area contributed by atoms with Crippen molar-refractivity contribution in [3.8, 4) is 11.3 Å². The number of benzene rings is 2. The minimum Gasteiger partial charge on any atom is -0.375 e. The summed E-state index contributed by atoms with van der Waals surface area (Å²) < 4.78 is 0. The number of anilines is 1. The van der Waals surface area contributed by atoms with E-state index in [1.54, 1.807) is 11.8 Å². The van der Waals surface area contributed by atoms with Crippen LogP contribution in [0.4, 0.5) is 5.13 Å². The van der Waals surface area contributed by atoms with E-state index in [0.29, 0.717) is 5.13 Å². The molecule has 0 unspecified atom stereocenters. The van der Waals surface area contributed by atoms with Crippen LogP contribution in [-0.2, 0) is 0 Å². The zero-order valence-electron chi connectivity index (χ0n) is 11.4. The van der Waals surface area contributed by atoms with Gasteiger partial charge in [0.25, 0.3) is 0 Å². The van der Waals surface area contributed by atoms with Crippen LogP contribution in [0, 0.1) is 6.92 Å². The van der Waals surface area contributed by atoms with Crippen molar-refractivity contribution in [1.29, 1.82) is 0 Å². The zero-order valence-corrected chi connectivity index (χ0v) is 15.4. The minimum absolute atomic E-state index is 0. The van der Waals surface area contributed by atoms with E-state index >= 15 is 0 Å². The summed E-state index contributed by atoms with van der Waals surface area (Å²) in [5.74, 6) is 0. The second kappa shape index (κ2) is 7.29. The van der Waals surface area contributed by atoms with Gasteiger partial charge in [0.2, 0.25) is 0 Å². The number of hydrogen-bond donors (Lipinski definition) is 1. The topological polar surface area (TPSA) is 38.9 Å². The van der Waals surface area contributed by atoms with E-state index in [1.165, 1.54) is 26.7 Å². The largest absolute Gasteiger partial charge is 0.375 e. The average molecular weight is 426 g/mol. The Hall–Kier alpha value is -1.05. The summed E-state index contributed by atoms with van der Waals surface area (Å²) in [6.07, 6.45) is 0. The number of rotatable bonds is 3. The lowest BCUT2D eigenvalue weighted by Crippen LogP contribution is -1.83. The Morgan fingerprint density at radius 3 is 2.05 bits per heavy atom. The van der Waals surface area contributed by atoms with Crippen molar-refractivity contribution >= 4 is 52.2 Å². The van der Waals surface area contributed by atoms with E-state index in [0.717, 1.165) is 11.3 Å². The van der Waals surface area contributed by atoms with Crippen molar-refractivity contribution in [2.75, 3.05) is 5.73 Å². The SMILES string of the molecule is Cc1ccc(Sc2ccc(-c3csc(N)n3)cc2)cc1.I. The van der Waals surface area contributed by atoms with Crippen molar-refractivity contribution in [3.63, 3.8) is 0 Å². The molecule has 0 bridgehead atoms. The molecule has 2 aromatic carbocycles. The maximum absolute atomic E-state index is 5.66. The summed E-state index contributed by atoms with van der Waals surface area (Å²) >= 11 is 3.23. The van der Waals surface area contributed by atoms with E-state index in [2.05, 4.69) is 60.4 Å². The van der Waals surface area contributed by atoms with Crippen LogP contribution in [0.3, 0.4) is 0 Å². The van der Waals surface area contributed by atoms with Crippen molar-refractivity contribution in [3.05, 3.63) is 59.5 Å². The third-order valence-corrected chi connectivity index (χ3v) is 4.62. The van der Waals surface area contributed by atoms with Gasteiger partial charge in [-0.2, -0.15) is 0 Å². The Bertz CT molecular complexity index is 706. The number of aromatic nitrogens is 1. The van der Waals surface area contributed by atoms with Crippen LogP contribution in [0.15, 0.2) is 63.7 Å². The van der Waals surface area contributed by atoms with Crippen molar-refractivity contribution in [2.45, 2.75) is 16.7 Å². The second-order valence-electron chi connectivity index (χ2n) is 4.51. The van der Waals surface area contributed by atoms with Crippen LogP contribution in [0.25, 0.3) is 11.3 Å². The molecule has 1 heterocycles. The molecule has 0 saturated carbocycles. The van der Waals surface area contributed by atoms with Gasteiger partial charge in [-0.25, -0.2) is 4.98 Å². The quantitative estimate of drug-likeness (QED) is 0.565. The standard InChI is InChI=1S/C16H14N2S2.HI/c1-11-2-6-13(7-3-11)20-14-8-4-12(5-9-14)15-10-19-16(17)18-15;/h2-10H,1H3,(H2,17,18);1H. The smallest absolute Gasteiger partial charge is 0.180 e. The van der Waals surface area contributed by atoms with E-state index in [-0.39, 0.29) is 24.0 Å². The molecule has 0 amide bonds. The molecule has 0 aliphatic heterocycles. The highest BCUT2D eigenvalue weighted by atomic mass is 127. The highest BCUT2D eigenvalue weighted by Gasteiger charge is 2.03. The summed E-state index contributed by atoms with van der Waals surface area (Å²) in [6, 6.07) is 17.0. The lowest BCUT2D eigenvalue weighted by atomic mass is 10.2. The maximum atomic E-state index is 5.66. The Kier molecular flexibility index (Phi) is 5.66. The highest BCUT2D eigenvalue weighted by molar-refractivity contribution is 14.0. The molecule has 0 fully saturated rings. The molecule has 0 radical (unpaired) electrons. The lowest BCUT2D eigenvalue weighted by Gasteiger charge is -2.03. The second-order valence-corrected chi connectivity index (χ2v) is 6.55. The molecule has 21 heavy (non-hydrogen) atoms. The van der Waals surface area contributed by atoms with Gasteiger partial charge in [-0.1, -0.05) is 41.6 Å². The third kappa shape index (κ3) is 4.21. The summed E-state index contributed by atoms with van der Waals surface area (Å²) in [6.45, 7) is 2.10. The van der Waals surface area contributed by atoms with E-state index in [4.69, 9.17) is 5.73 Å². The molecule has 0 aliphatic rings. The monoisotopic (exact) mass is 426 g/mol. The molecular formula is C16H15IN2S2. The number of aryl methyl sites for hydroxylation is 1. The van der Waals surface area contributed by atoms with Crippen molar-refractivity contribution in [2.24, 2.45) is 0 Å². The van der Waals surface area contributed by atoms with Gasteiger partial charge in [0.05, 0.1) is 5.69 Å². The predicted molar refractivity (Wildman–Crippen MR) is 103 cm³/mol. The summed E-state index contributed by atoms with van der Waals surface area (Å²) in [4.78, 5) is 6.77. The molecule has 1 aromatic heterocycles. The number of hydrogen-bond acceptors (Lipinski definition) is 4. The molecule has 3 aromatic rings. The first kappa shape index (κ1) is 16.3. The first-order valence-electron chi connectivity index (χ1n) is 6.27. The van der Waals surface area contributed by atoms with Gasteiger partial charge >= 0.3 is 0 Å². The number of thiazole rings is 1. The maximum Gasteiger partial charge on any atom is 0.180 e. The fourth-order valence-corrected chi connectivity index (χ4v) is 3.25. The molecule has 108 valence electrons. The number of halogens is 1. The minimum atomic E-state index is 0. The molecule has 2 nitrogen and oxygen atoms in total. The fraction of sp³-hybridized carbons (Fsp3) is 0.0625. The van der Waals surface area contributed by atoms with E-state index in [1.807, 2.05) is 5.38 Å². The summed E-state index contributed by atoms with van der Waals surface area (Å²) in [7, 11) is 0. The Labute approximate surface area is 149 Å². The van der Waals surface area contributed by atoms with Crippen LogP contribution in [-0.4, -0.2) is 4.98 Å². The Morgan fingerprint density at radius 2 is 1.52 bits per heavy atom. The molecular weight excluding hydrogens is 411 g/mol. The molecule has 5 heteroatoms. The van der Waals surface area contributed by atoms with Gasteiger partial charge in [0, 0.05) is 20.7 Å². The van der Waals surface area contributed by atoms with Crippen LogP contribution in [0.5, 0.6) is 0 Å². The molecule has 0 atom stereocenters. The molecule has 0 spiro atoms. The first-order valence-corrected chi connectivity index (χ1v) is 7.96. The lowest BCUT2D eigenvalue weighted by molar-refractivity contribution is 1.35. The highest BCUT2D eigenvalue weighted by Crippen LogP contribution is 2.30. The molecule has 3 rings (SSSR count). The Morgan fingerprint density at radius 1 is 0.952 bits per heavy atom. The fourth-order valence-electron chi connectivity index (χ4n) is 1.86. The van der Waals surface area contributed by atoms with Crippen molar-refractivity contribution in [1.82, 2.24) is 4.98 Å². The van der Waals surface area contributed by atoms with Crippen LogP contribution in [0.2, 0.25) is 0 Å². The number of nitrogen functional groups attached to an aromatic ring is 1. The van der Waals surface area contributed by atoms with Crippen LogP contribution < -0.4 is 5.73 Å². The van der Waals surface area contributed by atoms with Gasteiger partial charge < -0.3 is 5.73 Å². The van der Waals surface area contributed by atoms with Gasteiger partial charge in [-0.15, -0.1) is 35.3 Å². The van der Waals surface area contributed by atoms with E-state index < -0.39 is 0 Å². The normalized spacial score (nSPS) is 10.1. The molecule has 0 saturated heterocycles. The van der Waals surface area contributed by atoms with Gasteiger partial charge in [-0.05, 0) is 31.2 Å². The Balaban J connectivity index is 0.00000161.